The molecule has 25 heavy (non-hydrogen) atoms. The minimum Gasteiger partial charge on any atom is -0.497 e. The molecule has 1 unspecified atom stereocenters. The number of benzene rings is 2. The Bertz CT molecular complexity index is 657. The zero-order valence-electron chi connectivity index (χ0n) is 14.6. The van der Waals surface area contributed by atoms with Gasteiger partial charge in [-0.1, -0.05) is 41.9 Å². The molecule has 2 aromatic rings. The van der Waals surface area contributed by atoms with Crippen molar-refractivity contribution in [1.82, 2.24) is 10.2 Å². The Balaban J connectivity index is 1.68. The Morgan fingerprint density at radius 1 is 1.12 bits per heavy atom. The molecule has 1 saturated heterocycles. The van der Waals surface area contributed by atoms with Crippen molar-refractivity contribution in [3.8, 4) is 5.75 Å². The Kier molecular flexibility index (Phi) is 6.70. The zero-order chi connectivity index (χ0) is 17.5. The van der Waals surface area contributed by atoms with Gasteiger partial charge in [-0.15, -0.1) is 0 Å². The van der Waals surface area contributed by atoms with Crippen LogP contribution in [-0.4, -0.2) is 44.9 Å². The lowest BCUT2D eigenvalue weighted by Crippen LogP contribution is -2.42. The first kappa shape index (κ1) is 18.2. The van der Waals surface area contributed by atoms with E-state index in [9.17, 15) is 0 Å². The second-order valence-electron chi connectivity index (χ2n) is 6.16. The first-order valence-corrected chi connectivity index (χ1v) is 9.05. The predicted octanol–water partition coefficient (Wildman–Crippen LogP) is 3.51. The summed E-state index contributed by atoms with van der Waals surface area (Å²) in [6, 6.07) is 16.6. The lowest BCUT2D eigenvalue weighted by molar-refractivity contribution is 0.0161. The fourth-order valence-electron chi connectivity index (χ4n) is 3.16. The van der Waals surface area contributed by atoms with Crippen molar-refractivity contribution in [2.24, 2.45) is 0 Å². The number of methoxy groups -OCH3 is 1. The summed E-state index contributed by atoms with van der Waals surface area (Å²) in [6.07, 6.45) is 0. The molecule has 0 aromatic heterocycles. The predicted molar refractivity (Wildman–Crippen MR) is 101 cm³/mol. The van der Waals surface area contributed by atoms with Crippen molar-refractivity contribution in [2.45, 2.75) is 12.6 Å². The number of hydrogen-bond acceptors (Lipinski definition) is 4. The molecule has 1 aliphatic heterocycles. The van der Waals surface area contributed by atoms with Crippen LogP contribution in [0.25, 0.3) is 0 Å². The summed E-state index contributed by atoms with van der Waals surface area (Å²) < 4.78 is 10.8. The second kappa shape index (κ2) is 9.20. The molecule has 1 aliphatic rings. The standard InChI is InChI=1S/C20H25ClN2O2/c1-24-18-8-6-16(7-9-18)20(23-10-12-25-13-11-23)15-22-14-17-4-2-3-5-19(17)21/h2-9,20,22H,10-15H2,1H3. The number of halogens is 1. The van der Waals surface area contributed by atoms with Gasteiger partial charge in [-0.05, 0) is 29.3 Å². The van der Waals surface area contributed by atoms with Gasteiger partial charge in [-0.2, -0.15) is 0 Å². The van der Waals surface area contributed by atoms with Gasteiger partial charge in [0.2, 0.25) is 0 Å². The molecule has 0 spiro atoms. The lowest BCUT2D eigenvalue weighted by atomic mass is 10.0. The first-order chi connectivity index (χ1) is 12.3. The number of morpholine rings is 1. The summed E-state index contributed by atoms with van der Waals surface area (Å²) in [7, 11) is 1.69. The van der Waals surface area contributed by atoms with E-state index >= 15 is 0 Å². The Hall–Kier alpha value is -1.59. The maximum absolute atomic E-state index is 6.26. The molecule has 1 fully saturated rings. The topological polar surface area (TPSA) is 33.7 Å². The largest absolute Gasteiger partial charge is 0.497 e. The van der Waals surface area contributed by atoms with Crippen LogP contribution in [0.15, 0.2) is 48.5 Å². The van der Waals surface area contributed by atoms with E-state index in [4.69, 9.17) is 21.1 Å². The molecule has 1 atom stereocenters. The second-order valence-corrected chi connectivity index (χ2v) is 6.57. The third-order valence-electron chi connectivity index (χ3n) is 4.60. The molecule has 0 radical (unpaired) electrons. The van der Waals surface area contributed by atoms with E-state index in [0.29, 0.717) is 6.04 Å². The molecule has 2 aromatic carbocycles. The molecular formula is C20H25ClN2O2. The third kappa shape index (κ3) is 4.95. The maximum Gasteiger partial charge on any atom is 0.118 e. The quantitative estimate of drug-likeness (QED) is 0.819. The van der Waals surface area contributed by atoms with Gasteiger partial charge in [0, 0.05) is 37.2 Å². The summed E-state index contributed by atoms with van der Waals surface area (Å²) in [5.41, 5.74) is 2.41. The van der Waals surface area contributed by atoms with Crippen molar-refractivity contribution < 1.29 is 9.47 Å². The molecule has 134 valence electrons. The van der Waals surface area contributed by atoms with Crippen LogP contribution in [0.3, 0.4) is 0 Å². The van der Waals surface area contributed by atoms with Crippen molar-refractivity contribution in [3.63, 3.8) is 0 Å². The molecule has 1 heterocycles. The average molecular weight is 361 g/mol. The fraction of sp³-hybridized carbons (Fsp3) is 0.400. The van der Waals surface area contributed by atoms with E-state index in [2.05, 4.69) is 28.4 Å². The molecule has 0 amide bonds. The monoisotopic (exact) mass is 360 g/mol. The summed E-state index contributed by atoms with van der Waals surface area (Å²) in [5, 5.41) is 4.38. The average Bonchev–Trinajstić information content (AvgIpc) is 2.67. The Morgan fingerprint density at radius 3 is 2.52 bits per heavy atom. The molecule has 0 saturated carbocycles. The number of nitrogens with zero attached hydrogens (tertiary/aromatic N) is 1. The van der Waals surface area contributed by atoms with Gasteiger partial charge >= 0.3 is 0 Å². The van der Waals surface area contributed by atoms with Gasteiger partial charge < -0.3 is 14.8 Å². The van der Waals surface area contributed by atoms with Crippen LogP contribution in [0.5, 0.6) is 5.75 Å². The molecule has 0 aliphatic carbocycles. The van der Waals surface area contributed by atoms with Gasteiger partial charge in [0.25, 0.3) is 0 Å². The van der Waals surface area contributed by atoms with E-state index in [1.807, 2.05) is 30.3 Å². The Morgan fingerprint density at radius 2 is 1.84 bits per heavy atom. The maximum atomic E-state index is 6.26. The highest BCUT2D eigenvalue weighted by Gasteiger charge is 2.22. The van der Waals surface area contributed by atoms with Crippen molar-refractivity contribution in [1.29, 1.82) is 0 Å². The van der Waals surface area contributed by atoms with Crippen LogP contribution in [0.4, 0.5) is 0 Å². The van der Waals surface area contributed by atoms with Crippen LogP contribution >= 0.6 is 11.6 Å². The molecule has 5 heteroatoms. The molecule has 3 rings (SSSR count). The minimum absolute atomic E-state index is 0.303. The smallest absolute Gasteiger partial charge is 0.118 e. The van der Waals surface area contributed by atoms with E-state index in [1.54, 1.807) is 7.11 Å². The summed E-state index contributed by atoms with van der Waals surface area (Å²) >= 11 is 6.26. The summed E-state index contributed by atoms with van der Waals surface area (Å²) in [4.78, 5) is 2.48. The van der Waals surface area contributed by atoms with Crippen LogP contribution in [0.2, 0.25) is 5.02 Å². The van der Waals surface area contributed by atoms with Gasteiger partial charge in [0.15, 0.2) is 0 Å². The van der Waals surface area contributed by atoms with Crippen LogP contribution in [0, 0.1) is 0 Å². The van der Waals surface area contributed by atoms with E-state index in [1.165, 1.54) is 5.56 Å². The van der Waals surface area contributed by atoms with Crippen molar-refractivity contribution >= 4 is 11.6 Å². The van der Waals surface area contributed by atoms with E-state index in [-0.39, 0.29) is 0 Å². The minimum atomic E-state index is 0.303. The van der Waals surface area contributed by atoms with Crippen LogP contribution < -0.4 is 10.1 Å². The Labute approximate surface area is 154 Å². The van der Waals surface area contributed by atoms with Gasteiger partial charge in [-0.3, -0.25) is 4.90 Å². The lowest BCUT2D eigenvalue weighted by Gasteiger charge is -2.35. The normalized spacial score (nSPS) is 16.6. The van der Waals surface area contributed by atoms with E-state index in [0.717, 1.165) is 55.7 Å². The highest BCUT2D eigenvalue weighted by Crippen LogP contribution is 2.24. The van der Waals surface area contributed by atoms with E-state index < -0.39 is 0 Å². The van der Waals surface area contributed by atoms with Crippen molar-refractivity contribution in [2.75, 3.05) is 40.0 Å². The third-order valence-corrected chi connectivity index (χ3v) is 4.97. The van der Waals surface area contributed by atoms with Crippen LogP contribution in [0.1, 0.15) is 17.2 Å². The van der Waals surface area contributed by atoms with Gasteiger partial charge in [0.05, 0.1) is 20.3 Å². The van der Waals surface area contributed by atoms with Crippen LogP contribution in [-0.2, 0) is 11.3 Å². The molecule has 1 N–H and O–H groups in total. The number of nitrogens with one attached hydrogen (secondary N) is 1. The fourth-order valence-corrected chi connectivity index (χ4v) is 3.36. The molecular weight excluding hydrogens is 336 g/mol. The SMILES string of the molecule is COc1ccc(C(CNCc2ccccc2Cl)N2CCOCC2)cc1. The van der Waals surface area contributed by atoms with Gasteiger partial charge in [0.1, 0.15) is 5.75 Å². The molecule has 0 bridgehead atoms. The number of rotatable bonds is 7. The highest BCUT2D eigenvalue weighted by molar-refractivity contribution is 6.31. The van der Waals surface area contributed by atoms with Crippen molar-refractivity contribution in [3.05, 3.63) is 64.7 Å². The summed E-state index contributed by atoms with van der Waals surface area (Å²) in [6.45, 7) is 5.09. The summed E-state index contributed by atoms with van der Waals surface area (Å²) in [5.74, 6) is 0.883. The number of hydrogen-bond donors (Lipinski definition) is 1. The van der Waals surface area contributed by atoms with Gasteiger partial charge in [-0.25, -0.2) is 0 Å². The highest BCUT2D eigenvalue weighted by atomic mass is 35.5. The number of ether oxygens (including phenoxy) is 2. The molecule has 4 nitrogen and oxygen atoms in total. The zero-order valence-corrected chi connectivity index (χ0v) is 15.3. The first-order valence-electron chi connectivity index (χ1n) is 8.68.